The summed E-state index contributed by atoms with van der Waals surface area (Å²) in [5, 5.41) is 4.95. The maximum Gasteiger partial charge on any atom is 0.331 e. The third-order valence-corrected chi connectivity index (χ3v) is 4.61. The van der Waals surface area contributed by atoms with Gasteiger partial charge in [-0.1, -0.05) is 32.0 Å². The number of esters is 1. The first-order valence-corrected chi connectivity index (χ1v) is 10.1. The predicted molar refractivity (Wildman–Crippen MR) is 114 cm³/mol. The topological polar surface area (TPSA) is 88.6 Å². The number of rotatable bonds is 8. The highest BCUT2D eigenvalue weighted by atomic mass is 32.1. The van der Waals surface area contributed by atoms with Crippen LogP contribution in [0.2, 0.25) is 0 Å². The first-order valence-electron chi connectivity index (χ1n) is 9.25. The van der Waals surface area contributed by atoms with Crippen molar-refractivity contribution in [2.24, 2.45) is 5.92 Å². The van der Waals surface area contributed by atoms with Crippen LogP contribution in [0.15, 0.2) is 41.8 Å². The van der Waals surface area contributed by atoms with Crippen LogP contribution >= 0.6 is 11.3 Å². The van der Waals surface area contributed by atoms with Gasteiger partial charge in [-0.25, -0.2) is 9.78 Å². The molecule has 1 aromatic carbocycles. The molecule has 2 aromatic rings. The van der Waals surface area contributed by atoms with Gasteiger partial charge in [0, 0.05) is 24.9 Å². The molecule has 0 spiro atoms. The summed E-state index contributed by atoms with van der Waals surface area (Å²) in [6.45, 7) is 7.46. The molecule has 0 saturated carbocycles. The van der Waals surface area contributed by atoms with Gasteiger partial charge in [-0.3, -0.25) is 14.5 Å². The molecule has 1 atom stereocenters. The van der Waals surface area contributed by atoms with Crippen molar-refractivity contribution in [3.8, 4) is 0 Å². The standard InChI is InChI=1S/C21H25N3O4S/c1-14(2)12-22-20(27)15(3)28-19(26)11-10-17-13-29-21(23-17)24(16(4)25)18-8-6-5-7-9-18/h5-11,13-15H,12H2,1-4H3,(H,22,27)/b11-10+/t15-/m0/s1. The Morgan fingerprint density at radius 2 is 1.90 bits per heavy atom. The van der Waals surface area contributed by atoms with Gasteiger partial charge in [-0.2, -0.15) is 0 Å². The van der Waals surface area contributed by atoms with Crippen LogP contribution in [0.3, 0.4) is 0 Å². The Morgan fingerprint density at radius 3 is 2.52 bits per heavy atom. The molecule has 0 radical (unpaired) electrons. The molecule has 8 heteroatoms. The van der Waals surface area contributed by atoms with Crippen LogP contribution in [0.4, 0.5) is 10.8 Å². The van der Waals surface area contributed by atoms with Gasteiger partial charge in [0.15, 0.2) is 11.2 Å². The molecule has 2 amide bonds. The van der Waals surface area contributed by atoms with E-state index in [0.29, 0.717) is 29.0 Å². The van der Waals surface area contributed by atoms with Crippen molar-refractivity contribution >= 4 is 46.0 Å². The Kier molecular flexibility index (Phi) is 8.09. The number of carbonyl (C=O) groups is 3. The van der Waals surface area contributed by atoms with E-state index in [4.69, 9.17) is 4.74 Å². The number of thiazole rings is 1. The van der Waals surface area contributed by atoms with Gasteiger partial charge >= 0.3 is 5.97 Å². The number of amides is 2. The lowest BCUT2D eigenvalue weighted by atomic mass is 10.2. The van der Waals surface area contributed by atoms with Gasteiger partial charge in [0.2, 0.25) is 5.91 Å². The molecule has 2 rings (SSSR count). The summed E-state index contributed by atoms with van der Waals surface area (Å²) in [6, 6.07) is 9.19. The van der Waals surface area contributed by atoms with Crippen LogP contribution < -0.4 is 10.2 Å². The van der Waals surface area contributed by atoms with Crippen LogP contribution in [0.1, 0.15) is 33.4 Å². The fourth-order valence-electron chi connectivity index (χ4n) is 2.33. The molecular formula is C21H25N3O4S. The van der Waals surface area contributed by atoms with Crippen LogP contribution in [0.5, 0.6) is 0 Å². The SMILES string of the molecule is CC(=O)N(c1ccccc1)c1nc(/C=C/C(=O)O[C@@H](C)C(=O)NCC(C)C)cs1. The van der Waals surface area contributed by atoms with Crippen LogP contribution in [0, 0.1) is 5.92 Å². The second-order valence-corrected chi connectivity index (χ2v) is 7.63. The molecule has 0 aliphatic carbocycles. The van der Waals surface area contributed by atoms with E-state index in [1.165, 1.54) is 42.2 Å². The smallest absolute Gasteiger partial charge is 0.331 e. The minimum absolute atomic E-state index is 0.165. The van der Waals surface area contributed by atoms with Crippen molar-refractivity contribution in [3.05, 3.63) is 47.5 Å². The van der Waals surface area contributed by atoms with Crippen LogP contribution in [0.25, 0.3) is 6.08 Å². The molecule has 1 N–H and O–H groups in total. The van der Waals surface area contributed by atoms with E-state index >= 15 is 0 Å². The fourth-order valence-corrected chi connectivity index (χ4v) is 3.18. The van der Waals surface area contributed by atoms with Gasteiger partial charge in [-0.05, 0) is 31.1 Å². The Morgan fingerprint density at radius 1 is 1.21 bits per heavy atom. The van der Waals surface area contributed by atoms with Crippen molar-refractivity contribution in [1.82, 2.24) is 10.3 Å². The summed E-state index contributed by atoms with van der Waals surface area (Å²) >= 11 is 1.29. The predicted octanol–water partition coefficient (Wildman–Crippen LogP) is 3.54. The maximum absolute atomic E-state index is 12.1. The van der Waals surface area contributed by atoms with E-state index in [2.05, 4.69) is 10.3 Å². The van der Waals surface area contributed by atoms with E-state index in [0.717, 1.165) is 0 Å². The molecule has 29 heavy (non-hydrogen) atoms. The fraction of sp³-hybridized carbons (Fsp3) is 0.333. The average molecular weight is 416 g/mol. The molecule has 154 valence electrons. The number of hydrogen-bond donors (Lipinski definition) is 1. The zero-order valence-electron chi connectivity index (χ0n) is 16.9. The number of hydrogen-bond acceptors (Lipinski definition) is 6. The Labute approximate surface area is 174 Å². The molecule has 0 fully saturated rings. The molecule has 0 bridgehead atoms. The lowest BCUT2D eigenvalue weighted by Crippen LogP contribution is -2.37. The number of benzene rings is 1. The first kappa shape index (κ1) is 22.3. The van der Waals surface area contributed by atoms with E-state index in [1.54, 1.807) is 5.38 Å². The van der Waals surface area contributed by atoms with Gasteiger partial charge < -0.3 is 10.1 Å². The Balaban J connectivity index is 2.00. The van der Waals surface area contributed by atoms with Gasteiger partial charge in [-0.15, -0.1) is 11.3 Å². The van der Waals surface area contributed by atoms with Crippen molar-refractivity contribution < 1.29 is 19.1 Å². The van der Waals surface area contributed by atoms with Gasteiger partial charge in [0.25, 0.3) is 5.91 Å². The van der Waals surface area contributed by atoms with E-state index < -0.39 is 12.1 Å². The summed E-state index contributed by atoms with van der Waals surface area (Å²) in [7, 11) is 0. The normalized spacial score (nSPS) is 12.0. The van der Waals surface area contributed by atoms with Crippen LogP contribution in [-0.4, -0.2) is 35.4 Å². The molecule has 0 aliphatic heterocycles. The lowest BCUT2D eigenvalue weighted by molar-refractivity contribution is -0.150. The number of ether oxygens (including phenoxy) is 1. The molecule has 0 aliphatic rings. The van der Waals surface area contributed by atoms with Crippen molar-refractivity contribution in [3.63, 3.8) is 0 Å². The van der Waals surface area contributed by atoms with Crippen molar-refractivity contribution in [2.45, 2.75) is 33.8 Å². The van der Waals surface area contributed by atoms with Crippen molar-refractivity contribution in [1.29, 1.82) is 0 Å². The summed E-state index contributed by atoms with van der Waals surface area (Å²) in [5.74, 6) is -0.831. The molecule has 1 heterocycles. The van der Waals surface area contributed by atoms with E-state index in [9.17, 15) is 14.4 Å². The second-order valence-electron chi connectivity index (χ2n) is 6.80. The molecule has 7 nitrogen and oxygen atoms in total. The average Bonchev–Trinajstić information content (AvgIpc) is 3.13. The number of anilines is 2. The third kappa shape index (κ3) is 6.83. The first-order chi connectivity index (χ1) is 13.8. The Hall–Kier alpha value is -3.00. The van der Waals surface area contributed by atoms with Gasteiger partial charge in [0.1, 0.15) is 0 Å². The van der Waals surface area contributed by atoms with E-state index in [-0.39, 0.29) is 11.8 Å². The lowest BCUT2D eigenvalue weighted by Gasteiger charge is -2.17. The quantitative estimate of drug-likeness (QED) is 0.526. The second kappa shape index (κ2) is 10.5. The highest BCUT2D eigenvalue weighted by molar-refractivity contribution is 7.14. The third-order valence-electron chi connectivity index (χ3n) is 3.77. The number of carbonyl (C=O) groups excluding carboxylic acids is 3. The zero-order valence-corrected chi connectivity index (χ0v) is 17.7. The Bertz CT molecular complexity index is 877. The monoisotopic (exact) mass is 415 g/mol. The summed E-state index contributed by atoms with van der Waals surface area (Å²) < 4.78 is 5.10. The number of nitrogens with one attached hydrogen (secondary N) is 1. The highest BCUT2D eigenvalue weighted by Gasteiger charge is 2.18. The molecule has 1 aromatic heterocycles. The maximum atomic E-state index is 12.1. The largest absolute Gasteiger partial charge is 0.449 e. The summed E-state index contributed by atoms with van der Waals surface area (Å²) in [6.07, 6.45) is 1.82. The van der Waals surface area contributed by atoms with Crippen molar-refractivity contribution in [2.75, 3.05) is 11.4 Å². The molecule has 0 saturated heterocycles. The summed E-state index contributed by atoms with van der Waals surface area (Å²) in [4.78, 5) is 41.8. The van der Waals surface area contributed by atoms with E-state index in [1.807, 2.05) is 44.2 Å². The number of para-hydroxylation sites is 1. The molecular weight excluding hydrogens is 390 g/mol. The highest BCUT2D eigenvalue weighted by Crippen LogP contribution is 2.29. The minimum atomic E-state index is -0.886. The number of aromatic nitrogens is 1. The van der Waals surface area contributed by atoms with Gasteiger partial charge in [0.05, 0.1) is 11.4 Å². The summed E-state index contributed by atoms with van der Waals surface area (Å²) in [5.41, 5.74) is 1.23. The minimum Gasteiger partial charge on any atom is -0.449 e. The van der Waals surface area contributed by atoms with Crippen LogP contribution in [-0.2, 0) is 19.1 Å². The zero-order chi connectivity index (χ0) is 21.4. The number of nitrogens with zero attached hydrogens (tertiary/aromatic N) is 2. The molecule has 0 unspecified atom stereocenters.